The number of fused-ring (bicyclic) bond motifs is 2. The average molecular weight is 372 g/mol. The van der Waals surface area contributed by atoms with Crippen LogP contribution in [0.2, 0.25) is 0 Å². The molecule has 1 N–H and O–H groups in total. The molecule has 2 aliphatic carbocycles. The number of aryl methyl sites for hydroxylation is 1. The summed E-state index contributed by atoms with van der Waals surface area (Å²) in [6.45, 7) is 3.86. The number of hydrogen-bond acceptors (Lipinski definition) is 2. The van der Waals surface area contributed by atoms with Gasteiger partial charge in [-0.2, -0.15) is 0 Å². The monoisotopic (exact) mass is 371 g/mol. The second-order valence-electron chi connectivity index (χ2n) is 6.66. The second-order valence-corrected chi connectivity index (χ2v) is 9.26. The molecule has 0 aliphatic heterocycles. The van der Waals surface area contributed by atoms with Crippen LogP contribution in [0.25, 0.3) is 0 Å². The lowest BCUT2D eigenvalue weighted by atomic mass is 9.84. The average Bonchev–Trinajstić information content (AvgIpc) is 3.03. The lowest BCUT2D eigenvalue weighted by molar-refractivity contribution is 0.280. The number of sulfonamides is 1. The molecule has 116 valence electrons. The first-order valence-corrected chi connectivity index (χ1v) is 9.93. The molecule has 21 heavy (non-hydrogen) atoms. The van der Waals surface area contributed by atoms with Gasteiger partial charge in [0, 0.05) is 10.5 Å². The molecule has 0 aromatic heterocycles. The van der Waals surface area contributed by atoms with E-state index >= 15 is 0 Å². The Morgan fingerprint density at radius 1 is 1.29 bits per heavy atom. The van der Waals surface area contributed by atoms with Crippen LogP contribution in [0.4, 0.5) is 0 Å². The third-order valence-corrected chi connectivity index (χ3v) is 7.41. The van der Waals surface area contributed by atoms with Crippen molar-refractivity contribution >= 4 is 26.0 Å². The zero-order chi connectivity index (χ0) is 15.2. The molecule has 3 rings (SSSR count). The van der Waals surface area contributed by atoms with Crippen LogP contribution in [0.3, 0.4) is 0 Å². The van der Waals surface area contributed by atoms with Crippen molar-refractivity contribution in [3.8, 4) is 0 Å². The third kappa shape index (κ3) is 3.06. The van der Waals surface area contributed by atoms with Gasteiger partial charge in [-0.3, -0.25) is 0 Å². The van der Waals surface area contributed by atoms with Gasteiger partial charge in [0.05, 0.1) is 4.90 Å². The van der Waals surface area contributed by atoms with Crippen LogP contribution in [-0.4, -0.2) is 14.5 Å². The molecule has 0 spiro atoms. The number of nitrogens with one attached hydrogen (secondary N) is 1. The Hall–Kier alpha value is -0.390. The fourth-order valence-electron chi connectivity index (χ4n) is 4.17. The lowest BCUT2D eigenvalue weighted by Gasteiger charge is -2.28. The predicted octanol–water partition coefficient (Wildman–Crippen LogP) is 3.86. The maximum Gasteiger partial charge on any atom is 0.241 e. The Morgan fingerprint density at radius 2 is 2.05 bits per heavy atom. The first-order chi connectivity index (χ1) is 9.87. The molecule has 5 heteroatoms. The highest BCUT2D eigenvalue weighted by atomic mass is 79.9. The molecule has 4 unspecified atom stereocenters. The Balaban J connectivity index is 1.78. The van der Waals surface area contributed by atoms with Crippen molar-refractivity contribution in [2.75, 3.05) is 0 Å². The molecular weight excluding hydrogens is 350 g/mol. The molecule has 2 fully saturated rings. The fourth-order valence-corrected chi connectivity index (χ4v) is 6.24. The van der Waals surface area contributed by atoms with Gasteiger partial charge in [0.25, 0.3) is 0 Å². The molecule has 4 atom stereocenters. The van der Waals surface area contributed by atoms with E-state index in [2.05, 4.69) is 20.7 Å². The van der Waals surface area contributed by atoms with Crippen LogP contribution in [0.5, 0.6) is 0 Å². The minimum atomic E-state index is -3.45. The van der Waals surface area contributed by atoms with Crippen molar-refractivity contribution in [2.24, 2.45) is 17.8 Å². The largest absolute Gasteiger partial charge is 0.241 e. The van der Waals surface area contributed by atoms with Crippen LogP contribution >= 0.6 is 15.9 Å². The first kappa shape index (κ1) is 15.5. The van der Waals surface area contributed by atoms with Crippen molar-refractivity contribution < 1.29 is 8.42 Å². The number of halogens is 1. The van der Waals surface area contributed by atoms with Crippen LogP contribution in [-0.2, 0) is 10.0 Å². The normalized spacial score (nSPS) is 29.8. The second kappa shape index (κ2) is 5.67. The van der Waals surface area contributed by atoms with Gasteiger partial charge in [-0.1, -0.05) is 28.4 Å². The standard InChI is InChI=1S/C16H22BrNO2S/c1-10-3-6-14(17)9-16(10)21(19,20)18-11(2)15-8-12-4-5-13(15)7-12/h3,6,9,11-13,15,18H,4-5,7-8H2,1-2H3. The maximum atomic E-state index is 12.6. The summed E-state index contributed by atoms with van der Waals surface area (Å²) in [5.41, 5.74) is 0.783. The van der Waals surface area contributed by atoms with E-state index in [0.717, 1.165) is 21.9 Å². The predicted molar refractivity (Wildman–Crippen MR) is 87.6 cm³/mol. The Kier molecular flexibility index (Phi) is 4.19. The number of rotatable bonds is 4. The highest BCUT2D eigenvalue weighted by molar-refractivity contribution is 9.10. The summed E-state index contributed by atoms with van der Waals surface area (Å²) in [6.07, 6.45) is 5.10. The van der Waals surface area contributed by atoms with E-state index in [-0.39, 0.29) is 6.04 Å². The van der Waals surface area contributed by atoms with E-state index in [4.69, 9.17) is 0 Å². The van der Waals surface area contributed by atoms with E-state index in [9.17, 15) is 8.42 Å². The van der Waals surface area contributed by atoms with Crippen molar-refractivity contribution in [2.45, 2.75) is 50.5 Å². The molecule has 0 radical (unpaired) electrons. The van der Waals surface area contributed by atoms with Gasteiger partial charge in [0.2, 0.25) is 10.0 Å². The van der Waals surface area contributed by atoms with Crippen LogP contribution < -0.4 is 4.72 Å². The Bertz CT molecular complexity index is 644. The first-order valence-electron chi connectivity index (χ1n) is 7.65. The molecule has 3 nitrogen and oxygen atoms in total. The molecule has 1 aromatic rings. The molecule has 0 amide bonds. The SMILES string of the molecule is Cc1ccc(Br)cc1S(=O)(=O)NC(C)C1CC2CCC1C2. The quantitative estimate of drug-likeness (QED) is 0.873. The molecule has 2 saturated carbocycles. The summed E-state index contributed by atoms with van der Waals surface area (Å²) in [5.74, 6) is 2.06. The van der Waals surface area contributed by atoms with Gasteiger partial charge in [0.1, 0.15) is 0 Å². The van der Waals surface area contributed by atoms with Gasteiger partial charge in [-0.25, -0.2) is 13.1 Å². The molecule has 0 heterocycles. The van der Waals surface area contributed by atoms with Gasteiger partial charge >= 0.3 is 0 Å². The minimum absolute atomic E-state index is 0.0173. The highest BCUT2D eigenvalue weighted by Gasteiger charge is 2.42. The van der Waals surface area contributed by atoms with Crippen LogP contribution in [0.15, 0.2) is 27.6 Å². The van der Waals surface area contributed by atoms with Crippen molar-refractivity contribution in [1.29, 1.82) is 0 Å². The zero-order valence-electron chi connectivity index (χ0n) is 12.5. The minimum Gasteiger partial charge on any atom is -0.208 e. The summed E-state index contributed by atoms with van der Waals surface area (Å²) in [4.78, 5) is 0.381. The summed E-state index contributed by atoms with van der Waals surface area (Å²) >= 11 is 3.36. The zero-order valence-corrected chi connectivity index (χ0v) is 14.9. The fraction of sp³-hybridized carbons (Fsp3) is 0.625. The van der Waals surface area contributed by atoms with Gasteiger partial charge in [-0.15, -0.1) is 0 Å². The third-order valence-electron chi connectivity index (χ3n) is 5.22. The highest BCUT2D eigenvalue weighted by Crippen LogP contribution is 2.49. The molecule has 2 bridgehead atoms. The molecule has 1 aromatic carbocycles. The van der Waals surface area contributed by atoms with E-state index < -0.39 is 10.0 Å². The Labute approximate surface area is 135 Å². The summed E-state index contributed by atoms with van der Waals surface area (Å²) in [7, 11) is -3.45. The molecule has 2 aliphatic rings. The van der Waals surface area contributed by atoms with Gasteiger partial charge < -0.3 is 0 Å². The van der Waals surface area contributed by atoms with Gasteiger partial charge in [-0.05, 0) is 68.6 Å². The van der Waals surface area contributed by atoms with Crippen LogP contribution in [0, 0.1) is 24.7 Å². The number of hydrogen-bond donors (Lipinski definition) is 1. The van der Waals surface area contributed by atoms with Crippen molar-refractivity contribution in [1.82, 2.24) is 4.72 Å². The van der Waals surface area contributed by atoms with Crippen molar-refractivity contribution in [3.05, 3.63) is 28.2 Å². The van der Waals surface area contributed by atoms with Crippen molar-refractivity contribution in [3.63, 3.8) is 0 Å². The topological polar surface area (TPSA) is 46.2 Å². The summed E-state index contributed by atoms with van der Waals surface area (Å²) < 4.78 is 29.0. The summed E-state index contributed by atoms with van der Waals surface area (Å²) in [5, 5.41) is 0. The lowest BCUT2D eigenvalue weighted by Crippen LogP contribution is -2.40. The molecule has 0 saturated heterocycles. The number of benzene rings is 1. The van der Waals surface area contributed by atoms with Gasteiger partial charge in [0.15, 0.2) is 0 Å². The van der Waals surface area contributed by atoms with E-state index in [0.29, 0.717) is 10.8 Å². The van der Waals surface area contributed by atoms with Crippen LogP contribution in [0.1, 0.15) is 38.2 Å². The maximum absolute atomic E-state index is 12.6. The van der Waals surface area contributed by atoms with E-state index in [1.165, 1.54) is 25.7 Å². The molecular formula is C16H22BrNO2S. The summed E-state index contributed by atoms with van der Waals surface area (Å²) in [6, 6.07) is 5.41. The smallest absolute Gasteiger partial charge is 0.208 e. The van der Waals surface area contributed by atoms with E-state index in [1.54, 1.807) is 6.07 Å². The van der Waals surface area contributed by atoms with E-state index in [1.807, 2.05) is 26.0 Å². The Morgan fingerprint density at radius 3 is 2.67 bits per heavy atom.